The Hall–Kier alpha value is -1.57. The van der Waals surface area contributed by atoms with Gasteiger partial charge in [-0.25, -0.2) is 4.39 Å². The molecule has 1 aromatic carbocycles. The van der Waals surface area contributed by atoms with Crippen LogP contribution in [-0.2, 0) is 0 Å². The minimum atomic E-state index is -0.775. The lowest BCUT2D eigenvalue weighted by molar-refractivity contribution is 0.420. The maximum Gasteiger partial charge on any atom is 0.165 e. The standard InChI is InChI=1S/C11H11FN2O.ClH/c1-2-3-9(14)10-7(6-13)4-5-8(12)11(10)15;/h2,4-5,9,15H,1,3,14H2;1H/t9-;/m1./s1. The van der Waals surface area contributed by atoms with E-state index >= 15 is 0 Å². The molecule has 0 aromatic heterocycles. The second-order valence-electron chi connectivity index (χ2n) is 3.10. The largest absolute Gasteiger partial charge is 0.505 e. The van der Waals surface area contributed by atoms with Gasteiger partial charge in [0.15, 0.2) is 11.6 Å². The summed E-state index contributed by atoms with van der Waals surface area (Å²) in [5.74, 6) is -1.33. The van der Waals surface area contributed by atoms with E-state index in [9.17, 15) is 9.50 Å². The van der Waals surface area contributed by atoms with Crippen molar-refractivity contribution >= 4 is 12.4 Å². The highest BCUT2D eigenvalue weighted by Crippen LogP contribution is 2.30. The van der Waals surface area contributed by atoms with Crippen molar-refractivity contribution in [1.82, 2.24) is 0 Å². The molecule has 0 bridgehead atoms. The summed E-state index contributed by atoms with van der Waals surface area (Å²) in [5, 5.41) is 18.3. The number of phenols is 1. The fraction of sp³-hybridized carbons (Fsp3) is 0.182. The van der Waals surface area contributed by atoms with Crippen molar-refractivity contribution in [2.45, 2.75) is 12.5 Å². The smallest absolute Gasteiger partial charge is 0.165 e. The van der Waals surface area contributed by atoms with Gasteiger partial charge in [-0.1, -0.05) is 6.08 Å². The van der Waals surface area contributed by atoms with Crippen molar-refractivity contribution in [3.05, 3.63) is 41.7 Å². The lowest BCUT2D eigenvalue weighted by atomic mass is 9.98. The molecule has 3 N–H and O–H groups in total. The summed E-state index contributed by atoms with van der Waals surface area (Å²) < 4.78 is 13.1. The number of phenolic OH excluding ortho intramolecular Hbond substituents is 1. The normalized spacial score (nSPS) is 11.1. The molecule has 1 rings (SSSR count). The Morgan fingerprint density at radius 1 is 1.62 bits per heavy atom. The Morgan fingerprint density at radius 3 is 2.75 bits per heavy atom. The van der Waals surface area contributed by atoms with E-state index in [-0.39, 0.29) is 23.5 Å². The van der Waals surface area contributed by atoms with Gasteiger partial charge >= 0.3 is 0 Å². The van der Waals surface area contributed by atoms with Crippen LogP contribution in [0.2, 0.25) is 0 Å². The Kier molecular flexibility index (Phi) is 5.51. The van der Waals surface area contributed by atoms with E-state index in [1.807, 2.05) is 6.07 Å². The molecule has 1 aromatic rings. The van der Waals surface area contributed by atoms with Crippen molar-refractivity contribution in [2.24, 2.45) is 5.73 Å². The Bertz CT molecular complexity index is 429. The molecular formula is C11H12ClFN2O. The predicted molar refractivity (Wildman–Crippen MR) is 61.8 cm³/mol. The van der Waals surface area contributed by atoms with Crippen LogP contribution in [0.3, 0.4) is 0 Å². The zero-order valence-corrected chi connectivity index (χ0v) is 9.30. The van der Waals surface area contributed by atoms with Gasteiger partial charge in [-0.05, 0) is 18.6 Å². The van der Waals surface area contributed by atoms with Gasteiger partial charge in [0.2, 0.25) is 0 Å². The topological polar surface area (TPSA) is 70.0 Å². The van der Waals surface area contributed by atoms with Crippen LogP contribution in [0.5, 0.6) is 5.75 Å². The number of hydrogen-bond acceptors (Lipinski definition) is 3. The minimum Gasteiger partial charge on any atom is -0.505 e. The summed E-state index contributed by atoms with van der Waals surface area (Å²) in [7, 11) is 0. The number of halogens is 2. The SMILES string of the molecule is C=CC[C@@H](N)c1c(C#N)ccc(F)c1O.Cl. The van der Waals surface area contributed by atoms with E-state index in [0.717, 1.165) is 6.07 Å². The van der Waals surface area contributed by atoms with Gasteiger partial charge < -0.3 is 10.8 Å². The Morgan fingerprint density at radius 2 is 2.25 bits per heavy atom. The number of rotatable bonds is 3. The number of nitriles is 1. The van der Waals surface area contributed by atoms with Crippen molar-refractivity contribution in [1.29, 1.82) is 5.26 Å². The third-order valence-corrected chi connectivity index (χ3v) is 2.08. The van der Waals surface area contributed by atoms with Crippen molar-refractivity contribution in [2.75, 3.05) is 0 Å². The Labute approximate surface area is 99.4 Å². The molecule has 0 saturated carbocycles. The maximum atomic E-state index is 13.1. The number of benzene rings is 1. The van der Waals surface area contributed by atoms with E-state index in [0.29, 0.717) is 6.42 Å². The van der Waals surface area contributed by atoms with E-state index < -0.39 is 17.6 Å². The summed E-state index contributed by atoms with van der Waals surface area (Å²) in [4.78, 5) is 0. The summed E-state index contributed by atoms with van der Waals surface area (Å²) in [6.45, 7) is 3.50. The predicted octanol–water partition coefficient (Wildman–Crippen LogP) is 2.40. The molecular weight excluding hydrogens is 231 g/mol. The van der Waals surface area contributed by atoms with Gasteiger partial charge in [-0.3, -0.25) is 0 Å². The molecule has 86 valence electrons. The second-order valence-corrected chi connectivity index (χ2v) is 3.10. The van der Waals surface area contributed by atoms with Gasteiger partial charge in [0.25, 0.3) is 0 Å². The molecule has 5 heteroatoms. The van der Waals surface area contributed by atoms with Crippen molar-refractivity contribution < 1.29 is 9.50 Å². The highest BCUT2D eigenvalue weighted by molar-refractivity contribution is 5.85. The maximum absolute atomic E-state index is 13.1. The fourth-order valence-corrected chi connectivity index (χ4v) is 1.35. The first-order valence-electron chi connectivity index (χ1n) is 4.39. The van der Waals surface area contributed by atoms with E-state index in [1.54, 1.807) is 6.08 Å². The summed E-state index contributed by atoms with van der Waals surface area (Å²) >= 11 is 0. The first-order valence-corrected chi connectivity index (χ1v) is 4.39. The minimum absolute atomic E-state index is 0. The summed E-state index contributed by atoms with van der Waals surface area (Å²) in [6, 6.07) is 3.58. The summed E-state index contributed by atoms with van der Waals surface area (Å²) in [6.07, 6.45) is 1.92. The molecule has 0 aliphatic heterocycles. The molecule has 0 spiro atoms. The van der Waals surface area contributed by atoms with Crippen LogP contribution in [0.15, 0.2) is 24.8 Å². The molecule has 0 aliphatic carbocycles. The molecule has 3 nitrogen and oxygen atoms in total. The summed E-state index contributed by atoms with van der Waals surface area (Å²) in [5.41, 5.74) is 6.02. The van der Waals surface area contributed by atoms with Gasteiger partial charge in [-0.15, -0.1) is 19.0 Å². The number of nitrogens with two attached hydrogens (primary N) is 1. The van der Waals surface area contributed by atoms with Crippen LogP contribution in [-0.4, -0.2) is 5.11 Å². The van der Waals surface area contributed by atoms with Crippen LogP contribution >= 0.6 is 12.4 Å². The number of aromatic hydroxyl groups is 1. The van der Waals surface area contributed by atoms with Crippen LogP contribution < -0.4 is 5.73 Å². The lowest BCUT2D eigenvalue weighted by Crippen LogP contribution is -2.11. The highest BCUT2D eigenvalue weighted by atomic mass is 35.5. The molecule has 0 unspecified atom stereocenters. The van der Waals surface area contributed by atoms with Gasteiger partial charge in [-0.2, -0.15) is 5.26 Å². The van der Waals surface area contributed by atoms with E-state index in [4.69, 9.17) is 11.0 Å². The second kappa shape index (κ2) is 6.11. The van der Waals surface area contributed by atoms with Gasteiger partial charge in [0.05, 0.1) is 11.6 Å². The molecule has 0 radical (unpaired) electrons. The lowest BCUT2D eigenvalue weighted by Gasteiger charge is -2.13. The van der Waals surface area contributed by atoms with Crippen LogP contribution in [0.25, 0.3) is 0 Å². The van der Waals surface area contributed by atoms with Gasteiger partial charge in [0.1, 0.15) is 0 Å². The average molecular weight is 243 g/mol. The molecule has 16 heavy (non-hydrogen) atoms. The van der Waals surface area contributed by atoms with Crippen LogP contribution in [0.1, 0.15) is 23.6 Å². The monoisotopic (exact) mass is 242 g/mol. The third-order valence-electron chi connectivity index (χ3n) is 2.08. The zero-order valence-electron chi connectivity index (χ0n) is 8.48. The molecule has 0 fully saturated rings. The average Bonchev–Trinajstić information content (AvgIpc) is 2.22. The zero-order chi connectivity index (χ0) is 11.4. The van der Waals surface area contributed by atoms with Crippen LogP contribution in [0, 0.1) is 17.1 Å². The van der Waals surface area contributed by atoms with E-state index in [1.165, 1.54) is 6.07 Å². The molecule has 0 saturated heterocycles. The fourth-order valence-electron chi connectivity index (χ4n) is 1.35. The molecule has 1 atom stereocenters. The first kappa shape index (κ1) is 14.4. The quantitative estimate of drug-likeness (QED) is 0.800. The van der Waals surface area contributed by atoms with Crippen molar-refractivity contribution in [3.8, 4) is 11.8 Å². The molecule has 0 amide bonds. The molecule has 0 aliphatic rings. The first-order chi connectivity index (χ1) is 7.11. The highest BCUT2D eigenvalue weighted by Gasteiger charge is 2.17. The number of hydrogen-bond donors (Lipinski definition) is 2. The number of nitrogens with zero attached hydrogens (tertiary/aromatic N) is 1. The third kappa shape index (κ3) is 2.72. The van der Waals surface area contributed by atoms with Crippen molar-refractivity contribution in [3.63, 3.8) is 0 Å². The van der Waals surface area contributed by atoms with Crippen LogP contribution in [0.4, 0.5) is 4.39 Å². The Balaban J connectivity index is 0.00000225. The van der Waals surface area contributed by atoms with E-state index in [2.05, 4.69) is 6.58 Å². The van der Waals surface area contributed by atoms with Gasteiger partial charge in [0, 0.05) is 11.6 Å². The molecule has 0 heterocycles.